The van der Waals surface area contributed by atoms with Gasteiger partial charge in [0.25, 0.3) is 10.0 Å². The molecule has 0 saturated carbocycles. The smallest absolute Gasteiger partial charge is 0.259 e. The molecule has 0 bridgehead atoms. The molecule has 0 fully saturated rings. The molecule has 1 N–H and O–H groups in total. The SMILES string of the molecule is CC(C)n1cnc(S(=O)(=O)NCc2ccc(-c3ccco3)nc2)c1. The molecule has 8 heteroatoms. The molecule has 0 aliphatic rings. The number of hydrogen-bond donors (Lipinski definition) is 1. The Morgan fingerprint density at radius 3 is 2.67 bits per heavy atom. The molecule has 0 amide bonds. The second kappa shape index (κ2) is 6.58. The van der Waals surface area contributed by atoms with Crippen LogP contribution in [0.3, 0.4) is 0 Å². The predicted octanol–water partition coefficient (Wildman–Crippen LogP) is 2.60. The molecule has 0 radical (unpaired) electrons. The van der Waals surface area contributed by atoms with Crippen LogP contribution in [-0.2, 0) is 16.6 Å². The van der Waals surface area contributed by atoms with Crippen LogP contribution in [0, 0.1) is 0 Å². The number of nitrogens with one attached hydrogen (secondary N) is 1. The van der Waals surface area contributed by atoms with E-state index in [9.17, 15) is 8.42 Å². The Morgan fingerprint density at radius 2 is 2.08 bits per heavy atom. The van der Waals surface area contributed by atoms with Crippen LogP contribution in [-0.4, -0.2) is 23.0 Å². The first kappa shape index (κ1) is 16.4. The molecule has 0 unspecified atom stereocenters. The molecule has 3 heterocycles. The largest absolute Gasteiger partial charge is 0.463 e. The molecule has 3 aromatic rings. The summed E-state index contributed by atoms with van der Waals surface area (Å²) in [7, 11) is -3.65. The van der Waals surface area contributed by atoms with Crippen LogP contribution in [0.5, 0.6) is 0 Å². The van der Waals surface area contributed by atoms with Crippen molar-refractivity contribution in [3.8, 4) is 11.5 Å². The van der Waals surface area contributed by atoms with Crippen LogP contribution in [0.1, 0.15) is 25.5 Å². The van der Waals surface area contributed by atoms with E-state index in [1.54, 1.807) is 35.2 Å². The maximum absolute atomic E-state index is 12.3. The maximum Gasteiger partial charge on any atom is 0.259 e. The number of pyridine rings is 1. The average Bonchev–Trinajstić information content (AvgIpc) is 3.25. The number of nitrogens with zero attached hydrogens (tertiary/aromatic N) is 3. The van der Waals surface area contributed by atoms with Gasteiger partial charge in [0.2, 0.25) is 0 Å². The van der Waals surface area contributed by atoms with Gasteiger partial charge in [-0.25, -0.2) is 18.1 Å². The van der Waals surface area contributed by atoms with E-state index < -0.39 is 10.0 Å². The summed E-state index contributed by atoms with van der Waals surface area (Å²) >= 11 is 0. The minimum Gasteiger partial charge on any atom is -0.463 e. The standard InChI is InChI=1S/C16H18N4O3S/c1-12(2)20-10-16(18-11-20)24(21,22)19-9-13-5-6-14(17-8-13)15-4-3-7-23-15/h3-8,10-12,19H,9H2,1-2H3. The van der Waals surface area contributed by atoms with Crippen molar-refractivity contribution in [2.24, 2.45) is 0 Å². The monoisotopic (exact) mass is 346 g/mol. The van der Waals surface area contributed by atoms with E-state index in [0.717, 1.165) is 5.56 Å². The van der Waals surface area contributed by atoms with Crippen LogP contribution < -0.4 is 4.72 Å². The van der Waals surface area contributed by atoms with Crippen molar-refractivity contribution in [1.82, 2.24) is 19.3 Å². The molecule has 0 spiro atoms. The van der Waals surface area contributed by atoms with Gasteiger partial charge in [0, 0.05) is 25.0 Å². The second-order valence-corrected chi connectivity index (χ2v) is 7.32. The van der Waals surface area contributed by atoms with Gasteiger partial charge in [-0.2, -0.15) is 0 Å². The lowest BCUT2D eigenvalue weighted by Gasteiger charge is -2.06. The highest BCUT2D eigenvalue weighted by molar-refractivity contribution is 7.89. The van der Waals surface area contributed by atoms with Gasteiger partial charge in [-0.3, -0.25) is 4.98 Å². The van der Waals surface area contributed by atoms with Crippen molar-refractivity contribution in [2.75, 3.05) is 0 Å². The van der Waals surface area contributed by atoms with Gasteiger partial charge in [0.15, 0.2) is 10.8 Å². The van der Waals surface area contributed by atoms with E-state index in [1.807, 2.05) is 19.9 Å². The minimum absolute atomic E-state index is 0.0105. The fourth-order valence-electron chi connectivity index (χ4n) is 2.09. The molecule has 0 aliphatic heterocycles. The minimum atomic E-state index is -3.65. The first-order chi connectivity index (χ1) is 11.5. The van der Waals surface area contributed by atoms with Gasteiger partial charge < -0.3 is 8.98 Å². The molecule has 0 aromatic carbocycles. The number of sulfonamides is 1. The Labute approximate surface area is 140 Å². The fraction of sp³-hybridized carbons (Fsp3) is 0.250. The van der Waals surface area contributed by atoms with Crippen LogP contribution in [0.4, 0.5) is 0 Å². The highest BCUT2D eigenvalue weighted by Crippen LogP contribution is 2.17. The van der Waals surface area contributed by atoms with Crippen molar-refractivity contribution in [3.63, 3.8) is 0 Å². The van der Waals surface area contributed by atoms with Crippen molar-refractivity contribution in [2.45, 2.75) is 31.5 Å². The van der Waals surface area contributed by atoms with E-state index in [1.165, 1.54) is 12.5 Å². The van der Waals surface area contributed by atoms with Gasteiger partial charge in [-0.15, -0.1) is 0 Å². The molecule has 126 valence electrons. The lowest BCUT2D eigenvalue weighted by molar-refractivity contribution is 0.575. The van der Waals surface area contributed by atoms with E-state index >= 15 is 0 Å². The third-order valence-electron chi connectivity index (χ3n) is 3.51. The van der Waals surface area contributed by atoms with Crippen LogP contribution in [0.2, 0.25) is 0 Å². The summed E-state index contributed by atoms with van der Waals surface area (Å²) in [6, 6.07) is 7.35. The van der Waals surface area contributed by atoms with Crippen LogP contribution >= 0.6 is 0 Å². The van der Waals surface area contributed by atoms with E-state index in [-0.39, 0.29) is 17.6 Å². The molecule has 3 rings (SSSR count). The highest BCUT2D eigenvalue weighted by Gasteiger charge is 2.17. The topological polar surface area (TPSA) is 90.0 Å². The predicted molar refractivity (Wildman–Crippen MR) is 88.6 cm³/mol. The van der Waals surface area contributed by atoms with Crippen LogP contribution in [0.15, 0.2) is 58.7 Å². The van der Waals surface area contributed by atoms with E-state index in [0.29, 0.717) is 11.5 Å². The molecule has 0 saturated heterocycles. The van der Waals surface area contributed by atoms with Crippen molar-refractivity contribution in [3.05, 3.63) is 54.8 Å². The number of hydrogen-bond acceptors (Lipinski definition) is 5. The highest BCUT2D eigenvalue weighted by atomic mass is 32.2. The molecular formula is C16H18N4O3S. The zero-order chi connectivity index (χ0) is 17.2. The summed E-state index contributed by atoms with van der Waals surface area (Å²) in [5.74, 6) is 0.668. The molecule has 0 aliphatic carbocycles. The van der Waals surface area contributed by atoms with E-state index in [2.05, 4.69) is 14.7 Å². The van der Waals surface area contributed by atoms with Crippen LogP contribution in [0.25, 0.3) is 11.5 Å². The van der Waals surface area contributed by atoms with Crippen molar-refractivity contribution >= 4 is 10.0 Å². The lowest BCUT2D eigenvalue weighted by Crippen LogP contribution is -2.23. The Balaban J connectivity index is 1.68. The number of furan rings is 1. The summed E-state index contributed by atoms with van der Waals surface area (Å²) in [6.45, 7) is 4.05. The zero-order valence-corrected chi connectivity index (χ0v) is 14.2. The third-order valence-corrected chi connectivity index (χ3v) is 4.80. The van der Waals surface area contributed by atoms with Gasteiger partial charge in [-0.1, -0.05) is 6.07 Å². The summed E-state index contributed by atoms with van der Waals surface area (Å²) in [5.41, 5.74) is 1.44. The molecule has 7 nitrogen and oxygen atoms in total. The third kappa shape index (κ3) is 3.55. The first-order valence-electron chi connectivity index (χ1n) is 7.47. The molecular weight excluding hydrogens is 328 g/mol. The first-order valence-corrected chi connectivity index (χ1v) is 8.96. The summed E-state index contributed by atoms with van der Waals surface area (Å²) < 4.78 is 34.1. The zero-order valence-electron chi connectivity index (χ0n) is 13.4. The summed E-state index contributed by atoms with van der Waals surface area (Å²) in [5, 5.41) is 0.0105. The average molecular weight is 346 g/mol. The number of aromatic nitrogens is 3. The van der Waals surface area contributed by atoms with Crippen molar-refractivity contribution in [1.29, 1.82) is 0 Å². The van der Waals surface area contributed by atoms with Gasteiger partial charge in [0.05, 0.1) is 12.6 Å². The number of imidazole rings is 1. The van der Waals surface area contributed by atoms with Gasteiger partial charge >= 0.3 is 0 Å². The molecule has 0 atom stereocenters. The molecule has 24 heavy (non-hydrogen) atoms. The van der Waals surface area contributed by atoms with E-state index in [4.69, 9.17) is 4.42 Å². The number of rotatable bonds is 6. The second-order valence-electron chi connectivity index (χ2n) is 5.61. The fourth-order valence-corrected chi connectivity index (χ4v) is 3.04. The summed E-state index contributed by atoms with van der Waals surface area (Å²) in [6.07, 6.45) is 6.23. The quantitative estimate of drug-likeness (QED) is 0.741. The Kier molecular flexibility index (Phi) is 4.50. The van der Waals surface area contributed by atoms with Gasteiger partial charge in [0.1, 0.15) is 5.69 Å². The van der Waals surface area contributed by atoms with Gasteiger partial charge in [-0.05, 0) is 37.6 Å². The molecule has 3 aromatic heterocycles. The Hall–Kier alpha value is -2.45. The maximum atomic E-state index is 12.3. The lowest BCUT2D eigenvalue weighted by atomic mass is 10.2. The Morgan fingerprint density at radius 1 is 1.25 bits per heavy atom. The Bertz CT molecular complexity index is 897. The normalized spacial score (nSPS) is 12.0. The van der Waals surface area contributed by atoms with Crippen molar-refractivity contribution < 1.29 is 12.8 Å². The summed E-state index contributed by atoms with van der Waals surface area (Å²) in [4.78, 5) is 8.23.